The molecule has 0 unspecified atom stereocenters. The van der Waals surface area contributed by atoms with Crippen molar-refractivity contribution in [2.45, 2.75) is 4.58 Å². The summed E-state index contributed by atoms with van der Waals surface area (Å²) in [5, 5.41) is 0. The Balaban J connectivity index is 2.16. The van der Waals surface area contributed by atoms with Crippen LogP contribution in [0.25, 0.3) is 0 Å². The van der Waals surface area contributed by atoms with Crippen molar-refractivity contribution >= 4 is 41.2 Å². The van der Waals surface area contributed by atoms with Crippen molar-refractivity contribution in [2.24, 2.45) is 0 Å². The van der Waals surface area contributed by atoms with Gasteiger partial charge in [0, 0.05) is 0 Å². The fraction of sp³-hybridized carbons (Fsp3) is 0.143. The SMILES string of the molecule is c1ccc(C2SSSS2)cc1. The molecule has 0 N–H and O–H groups in total. The minimum Gasteiger partial charge on any atom is -0.0622 e. The van der Waals surface area contributed by atoms with Crippen LogP contribution in [-0.2, 0) is 0 Å². The Kier molecular flexibility index (Phi) is 3.01. The fourth-order valence-corrected chi connectivity index (χ4v) is 9.48. The normalized spacial score (nSPS) is 18.9. The molecule has 0 aromatic heterocycles. The van der Waals surface area contributed by atoms with Crippen LogP contribution in [0.3, 0.4) is 0 Å². The molecular formula is C7H6S4. The van der Waals surface area contributed by atoms with Crippen LogP contribution in [0.4, 0.5) is 0 Å². The van der Waals surface area contributed by atoms with E-state index in [2.05, 4.69) is 30.3 Å². The van der Waals surface area contributed by atoms with Gasteiger partial charge < -0.3 is 0 Å². The van der Waals surface area contributed by atoms with E-state index in [1.165, 1.54) is 5.56 Å². The molecule has 1 fully saturated rings. The largest absolute Gasteiger partial charge is 0.0975 e. The summed E-state index contributed by atoms with van der Waals surface area (Å²) < 4.78 is 0.631. The molecule has 0 bridgehead atoms. The van der Waals surface area contributed by atoms with Gasteiger partial charge >= 0.3 is 0 Å². The van der Waals surface area contributed by atoms with E-state index in [1.807, 2.05) is 41.2 Å². The second-order valence-electron chi connectivity index (χ2n) is 2.07. The molecule has 0 atom stereocenters. The van der Waals surface area contributed by atoms with Crippen molar-refractivity contribution < 1.29 is 0 Å². The zero-order valence-corrected chi connectivity index (χ0v) is 8.86. The van der Waals surface area contributed by atoms with E-state index in [9.17, 15) is 0 Å². The summed E-state index contributed by atoms with van der Waals surface area (Å²) >= 11 is 0. The molecule has 0 aliphatic carbocycles. The lowest BCUT2D eigenvalue weighted by Crippen LogP contribution is -1.80. The first-order chi connectivity index (χ1) is 5.47. The average Bonchev–Trinajstić information content (AvgIpc) is 2.58. The molecule has 1 aromatic rings. The quantitative estimate of drug-likeness (QED) is 0.641. The first kappa shape index (κ1) is 8.23. The molecule has 0 spiro atoms. The molecule has 0 amide bonds. The van der Waals surface area contributed by atoms with Gasteiger partial charge in [-0.25, -0.2) is 0 Å². The third-order valence-electron chi connectivity index (χ3n) is 1.35. The third-order valence-corrected chi connectivity index (χ3v) is 8.97. The van der Waals surface area contributed by atoms with Gasteiger partial charge in [-0.1, -0.05) is 51.9 Å². The lowest BCUT2D eigenvalue weighted by molar-refractivity contribution is 1.40. The van der Waals surface area contributed by atoms with Crippen LogP contribution in [0.5, 0.6) is 0 Å². The first-order valence-electron chi connectivity index (χ1n) is 3.17. The number of hydrogen-bond acceptors (Lipinski definition) is 4. The predicted octanol–water partition coefficient (Wildman–Crippen LogP) is 4.38. The summed E-state index contributed by atoms with van der Waals surface area (Å²) in [5.41, 5.74) is 1.43. The van der Waals surface area contributed by atoms with Crippen LogP contribution >= 0.6 is 41.2 Å². The van der Waals surface area contributed by atoms with Crippen LogP contribution in [0.1, 0.15) is 10.1 Å². The number of rotatable bonds is 1. The summed E-state index contributed by atoms with van der Waals surface area (Å²) in [6, 6.07) is 10.6. The van der Waals surface area contributed by atoms with Gasteiger partial charge in [-0.2, -0.15) is 0 Å². The van der Waals surface area contributed by atoms with E-state index in [-0.39, 0.29) is 0 Å². The lowest BCUT2D eigenvalue weighted by atomic mass is 10.2. The Bertz CT molecular complexity index is 217. The maximum absolute atomic E-state index is 2.19. The highest BCUT2D eigenvalue weighted by atomic mass is 33.7. The van der Waals surface area contributed by atoms with E-state index in [4.69, 9.17) is 0 Å². The summed E-state index contributed by atoms with van der Waals surface area (Å²) in [4.78, 5) is 0. The summed E-state index contributed by atoms with van der Waals surface area (Å²) in [6.45, 7) is 0. The zero-order chi connectivity index (χ0) is 7.52. The topological polar surface area (TPSA) is 0 Å². The maximum atomic E-state index is 2.19. The molecule has 1 aromatic carbocycles. The second-order valence-corrected chi connectivity index (χ2v) is 8.39. The van der Waals surface area contributed by atoms with Crippen molar-refractivity contribution in [3.63, 3.8) is 0 Å². The summed E-state index contributed by atoms with van der Waals surface area (Å²) in [7, 11) is 7.62. The Hall–Kier alpha value is 0.620. The van der Waals surface area contributed by atoms with Crippen LogP contribution in [-0.4, -0.2) is 0 Å². The molecule has 1 aliphatic heterocycles. The number of hydrogen-bond donors (Lipinski definition) is 0. The van der Waals surface area contributed by atoms with Crippen LogP contribution in [0, 0.1) is 0 Å². The van der Waals surface area contributed by atoms with E-state index >= 15 is 0 Å². The van der Waals surface area contributed by atoms with Gasteiger partial charge in [0.25, 0.3) is 0 Å². The molecule has 1 heterocycles. The van der Waals surface area contributed by atoms with Crippen molar-refractivity contribution in [3.05, 3.63) is 35.9 Å². The van der Waals surface area contributed by atoms with E-state index in [1.54, 1.807) is 0 Å². The fourth-order valence-electron chi connectivity index (χ4n) is 0.841. The number of benzene rings is 1. The Morgan fingerprint density at radius 3 is 2.18 bits per heavy atom. The van der Waals surface area contributed by atoms with Crippen LogP contribution < -0.4 is 0 Å². The average molecular weight is 218 g/mol. The van der Waals surface area contributed by atoms with Gasteiger partial charge in [0.2, 0.25) is 0 Å². The van der Waals surface area contributed by atoms with Crippen molar-refractivity contribution in [1.29, 1.82) is 0 Å². The van der Waals surface area contributed by atoms with Crippen molar-refractivity contribution in [2.75, 3.05) is 0 Å². The first-order valence-corrected chi connectivity index (χ1v) is 8.11. The van der Waals surface area contributed by atoms with E-state index in [0.29, 0.717) is 4.58 Å². The highest BCUT2D eigenvalue weighted by Crippen LogP contribution is 2.65. The van der Waals surface area contributed by atoms with E-state index < -0.39 is 0 Å². The van der Waals surface area contributed by atoms with Gasteiger partial charge in [-0.05, 0) is 25.2 Å². The molecule has 1 saturated heterocycles. The smallest absolute Gasteiger partial charge is 0.0622 e. The lowest BCUT2D eigenvalue weighted by Gasteiger charge is -2.03. The standard InChI is InChI=1S/C7H6S4/c1-2-4-6(5-3-1)7-8-10-11-9-7/h1-5,7H. The molecule has 0 saturated carbocycles. The molecule has 4 heteroatoms. The van der Waals surface area contributed by atoms with E-state index in [0.717, 1.165) is 0 Å². The zero-order valence-electron chi connectivity index (χ0n) is 5.60. The molecule has 11 heavy (non-hydrogen) atoms. The maximum Gasteiger partial charge on any atom is 0.0975 e. The predicted molar refractivity (Wildman–Crippen MR) is 59.5 cm³/mol. The molecule has 0 radical (unpaired) electrons. The van der Waals surface area contributed by atoms with Gasteiger partial charge in [-0.15, -0.1) is 0 Å². The minimum absolute atomic E-state index is 0.631. The highest BCUT2D eigenvalue weighted by Gasteiger charge is 2.19. The Morgan fingerprint density at radius 1 is 0.909 bits per heavy atom. The van der Waals surface area contributed by atoms with Crippen molar-refractivity contribution in [3.8, 4) is 0 Å². The van der Waals surface area contributed by atoms with Gasteiger partial charge in [-0.3, -0.25) is 0 Å². The third kappa shape index (κ3) is 2.05. The Labute approximate surface area is 81.5 Å². The molecule has 0 nitrogen and oxygen atoms in total. The molecule has 58 valence electrons. The van der Waals surface area contributed by atoms with Crippen LogP contribution in [0.2, 0.25) is 0 Å². The second kappa shape index (κ2) is 4.03. The monoisotopic (exact) mass is 218 g/mol. The van der Waals surface area contributed by atoms with Gasteiger partial charge in [0.1, 0.15) is 0 Å². The summed E-state index contributed by atoms with van der Waals surface area (Å²) in [6.07, 6.45) is 0. The molecular weight excluding hydrogens is 212 g/mol. The van der Waals surface area contributed by atoms with Crippen LogP contribution in [0.15, 0.2) is 30.3 Å². The highest BCUT2D eigenvalue weighted by molar-refractivity contribution is 9.30. The minimum atomic E-state index is 0.631. The van der Waals surface area contributed by atoms with Crippen molar-refractivity contribution in [1.82, 2.24) is 0 Å². The summed E-state index contributed by atoms with van der Waals surface area (Å²) in [5.74, 6) is 0. The Morgan fingerprint density at radius 2 is 1.55 bits per heavy atom. The van der Waals surface area contributed by atoms with Gasteiger partial charge in [0.05, 0.1) is 4.58 Å². The molecule has 1 aliphatic rings. The molecule has 2 rings (SSSR count). The van der Waals surface area contributed by atoms with Gasteiger partial charge in [0.15, 0.2) is 0 Å².